The van der Waals surface area contributed by atoms with E-state index in [2.05, 4.69) is 10.1 Å². The number of anilines is 1. The van der Waals surface area contributed by atoms with E-state index in [0.717, 1.165) is 6.07 Å². The molecule has 0 aliphatic rings. The number of carbonyl (C=O) groups excluding carboxylic acids is 1. The molecule has 14 heavy (non-hydrogen) atoms. The molecule has 5 heteroatoms. The number of hydrogen-bond donors (Lipinski definition) is 1. The van der Waals surface area contributed by atoms with E-state index in [1.165, 1.54) is 19.2 Å². The Balaban J connectivity index is 2.88. The number of carbonyl (C=O) groups is 1. The maximum atomic E-state index is 13.0. The van der Waals surface area contributed by atoms with Crippen molar-refractivity contribution in [1.82, 2.24) is 0 Å². The summed E-state index contributed by atoms with van der Waals surface area (Å²) in [6.07, 6.45) is -0.686. The Morgan fingerprint density at radius 2 is 2.36 bits per heavy atom. The number of ether oxygens (including phenoxy) is 1. The van der Waals surface area contributed by atoms with Crippen molar-refractivity contribution in [1.29, 1.82) is 5.26 Å². The normalized spacial score (nSPS) is 8.93. The van der Waals surface area contributed by atoms with Gasteiger partial charge in [-0.15, -0.1) is 0 Å². The summed E-state index contributed by atoms with van der Waals surface area (Å²) in [5, 5.41) is 10.7. The molecular formula is C9H7FN2O2. The second-order valence-electron chi connectivity index (χ2n) is 2.42. The summed E-state index contributed by atoms with van der Waals surface area (Å²) in [5.74, 6) is -0.679. The molecule has 1 aromatic carbocycles. The predicted molar refractivity (Wildman–Crippen MR) is 47.1 cm³/mol. The van der Waals surface area contributed by atoms with Gasteiger partial charge in [0.05, 0.1) is 12.7 Å². The standard InChI is InChI=1S/C9H7FN2O2/c1-14-9(13)12-7-3-2-6(5-11)8(10)4-7/h2-4H,1H3,(H,12,13). The third-order valence-corrected chi connectivity index (χ3v) is 1.52. The first-order valence-corrected chi connectivity index (χ1v) is 3.72. The summed E-state index contributed by atoms with van der Waals surface area (Å²) in [5.41, 5.74) is 0.175. The molecule has 1 amide bonds. The Labute approximate surface area is 79.9 Å². The van der Waals surface area contributed by atoms with Gasteiger partial charge in [0.1, 0.15) is 11.9 Å². The summed E-state index contributed by atoms with van der Waals surface area (Å²) in [6.45, 7) is 0. The van der Waals surface area contributed by atoms with E-state index < -0.39 is 11.9 Å². The summed E-state index contributed by atoms with van der Waals surface area (Å²) >= 11 is 0. The summed E-state index contributed by atoms with van der Waals surface area (Å²) < 4.78 is 17.3. The second-order valence-corrected chi connectivity index (χ2v) is 2.42. The number of methoxy groups -OCH3 is 1. The number of nitrogens with one attached hydrogen (secondary N) is 1. The number of benzene rings is 1. The van der Waals surface area contributed by atoms with Gasteiger partial charge in [-0.05, 0) is 18.2 Å². The maximum absolute atomic E-state index is 13.0. The molecule has 0 fully saturated rings. The molecule has 1 N–H and O–H groups in total. The molecule has 0 radical (unpaired) electrons. The Kier molecular flexibility index (Phi) is 3.02. The van der Waals surface area contributed by atoms with Crippen LogP contribution in [0.2, 0.25) is 0 Å². The number of amides is 1. The minimum Gasteiger partial charge on any atom is -0.453 e. The lowest BCUT2D eigenvalue weighted by Crippen LogP contribution is -2.11. The third-order valence-electron chi connectivity index (χ3n) is 1.52. The van der Waals surface area contributed by atoms with Gasteiger partial charge in [0.2, 0.25) is 0 Å². The topological polar surface area (TPSA) is 62.1 Å². The number of hydrogen-bond acceptors (Lipinski definition) is 3. The molecule has 0 bridgehead atoms. The highest BCUT2D eigenvalue weighted by Gasteiger charge is 2.05. The van der Waals surface area contributed by atoms with E-state index in [1.54, 1.807) is 6.07 Å². The van der Waals surface area contributed by atoms with Crippen LogP contribution in [0, 0.1) is 17.1 Å². The van der Waals surface area contributed by atoms with E-state index in [9.17, 15) is 9.18 Å². The van der Waals surface area contributed by atoms with Gasteiger partial charge >= 0.3 is 6.09 Å². The Bertz CT molecular complexity index is 398. The molecule has 0 aromatic heterocycles. The van der Waals surface area contributed by atoms with Crippen molar-refractivity contribution < 1.29 is 13.9 Å². The minimum absolute atomic E-state index is 0.0691. The summed E-state index contributed by atoms with van der Waals surface area (Å²) in [4.78, 5) is 10.7. The van der Waals surface area contributed by atoms with Crippen molar-refractivity contribution in [3.8, 4) is 6.07 Å². The van der Waals surface area contributed by atoms with Crippen molar-refractivity contribution in [2.45, 2.75) is 0 Å². The number of rotatable bonds is 1. The summed E-state index contributed by atoms with van der Waals surface area (Å²) in [7, 11) is 1.20. The van der Waals surface area contributed by atoms with Crippen LogP contribution in [0.5, 0.6) is 0 Å². The maximum Gasteiger partial charge on any atom is 0.411 e. The SMILES string of the molecule is COC(=O)Nc1ccc(C#N)c(F)c1. The van der Waals surface area contributed by atoms with Crippen LogP contribution in [0.1, 0.15) is 5.56 Å². The molecule has 1 rings (SSSR count). The van der Waals surface area contributed by atoms with Gasteiger partial charge in [0.25, 0.3) is 0 Å². The average molecular weight is 194 g/mol. The molecular weight excluding hydrogens is 187 g/mol. The number of nitriles is 1. The van der Waals surface area contributed by atoms with Crippen LogP contribution in [0.25, 0.3) is 0 Å². The van der Waals surface area contributed by atoms with Gasteiger partial charge in [-0.2, -0.15) is 5.26 Å². The van der Waals surface area contributed by atoms with Crippen LogP contribution in [0.4, 0.5) is 14.9 Å². The molecule has 0 aliphatic carbocycles. The van der Waals surface area contributed by atoms with Gasteiger partial charge in [0.15, 0.2) is 0 Å². The van der Waals surface area contributed by atoms with E-state index >= 15 is 0 Å². The van der Waals surface area contributed by atoms with Crippen molar-refractivity contribution in [2.75, 3.05) is 12.4 Å². The third kappa shape index (κ3) is 2.20. The smallest absolute Gasteiger partial charge is 0.411 e. The molecule has 0 atom stereocenters. The van der Waals surface area contributed by atoms with Gasteiger partial charge in [-0.3, -0.25) is 5.32 Å². The van der Waals surface area contributed by atoms with Crippen molar-refractivity contribution in [3.63, 3.8) is 0 Å². The first kappa shape index (κ1) is 9.99. The number of halogens is 1. The molecule has 0 unspecified atom stereocenters. The monoisotopic (exact) mass is 194 g/mol. The highest BCUT2D eigenvalue weighted by atomic mass is 19.1. The van der Waals surface area contributed by atoms with Gasteiger partial charge in [-0.25, -0.2) is 9.18 Å². The van der Waals surface area contributed by atoms with E-state index in [4.69, 9.17) is 5.26 Å². The highest BCUT2D eigenvalue weighted by Crippen LogP contribution is 2.13. The van der Waals surface area contributed by atoms with Gasteiger partial charge in [0, 0.05) is 5.69 Å². The first-order chi connectivity index (χ1) is 6.67. The molecule has 0 heterocycles. The zero-order valence-electron chi connectivity index (χ0n) is 7.37. The predicted octanol–water partition coefficient (Wildman–Crippen LogP) is 1.88. The largest absolute Gasteiger partial charge is 0.453 e. The number of nitrogens with zero attached hydrogens (tertiary/aromatic N) is 1. The molecule has 0 saturated heterocycles. The first-order valence-electron chi connectivity index (χ1n) is 3.72. The average Bonchev–Trinajstić information content (AvgIpc) is 2.18. The molecule has 72 valence electrons. The Morgan fingerprint density at radius 3 is 2.86 bits per heavy atom. The van der Waals surface area contributed by atoms with Crippen LogP contribution in [-0.4, -0.2) is 13.2 Å². The lowest BCUT2D eigenvalue weighted by atomic mass is 10.2. The lowest BCUT2D eigenvalue weighted by molar-refractivity contribution is 0.187. The lowest BCUT2D eigenvalue weighted by Gasteiger charge is -2.03. The van der Waals surface area contributed by atoms with Crippen molar-refractivity contribution in [3.05, 3.63) is 29.6 Å². The van der Waals surface area contributed by atoms with Gasteiger partial charge < -0.3 is 4.74 Å². The minimum atomic E-state index is -0.686. The van der Waals surface area contributed by atoms with Crippen molar-refractivity contribution in [2.24, 2.45) is 0 Å². The highest BCUT2D eigenvalue weighted by molar-refractivity contribution is 5.84. The second kappa shape index (κ2) is 4.23. The van der Waals surface area contributed by atoms with Gasteiger partial charge in [-0.1, -0.05) is 0 Å². The molecule has 0 saturated carbocycles. The molecule has 4 nitrogen and oxygen atoms in total. The van der Waals surface area contributed by atoms with Crippen LogP contribution in [-0.2, 0) is 4.74 Å². The quantitative estimate of drug-likeness (QED) is 0.742. The molecule has 0 aliphatic heterocycles. The fraction of sp³-hybridized carbons (Fsp3) is 0.111. The molecule has 0 spiro atoms. The van der Waals surface area contributed by atoms with E-state index in [1.807, 2.05) is 0 Å². The van der Waals surface area contributed by atoms with Crippen LogP contribution < -0.4 is 5.32 Å². The molecule has 1 aromatic rings. The van der Waals surface area contributed by atoms with Crippen LogP contribution in [0.15, 0.2) is 18.2 Å². The van der Waals surface area contributed by atoms with Crippen molar-refractivity contribution >= 4 is 11.8 Å². The Morgan fingerprint density at radius 1 is 1.64 bits per heavy atom. The Hall–Kier alpha value is -2.09. The fourth-order valence-electron chi connectivity index (χ4n) is 0.852. The fourth-order valence-corrected chi connectivity index (χ4v) is 0.852. The van der Waals surface area contributed by atoms with Crippen LogP contribution >= 0.6 is 0 Å². The van der Waals surface area contributed by atoms with E-state index in [-0.39, 0.29) is 11.3 Å². The van der Waals surface area contributed by atoms with Crippen LogP contribution in [0.3, 0.4) is 0 Å². The summed E-state index contributed by atoms with van der Waals surface area (Å²) in [6, 6.07) is 5.42. The zero-order chi connectivity index (χ0) is 10.6. The zero-order valence-corrected chi connectivity index (χ0v) is 7.37. The van der Waals surface area contributed by atoms with E-state index in [0.29, 0.717) is 0 Å².